The Bertz CT molecular complexity index is 1250. The number of hydrogen-bond acceptors (Lipinski definition) is 7. The van der Waals surface area contributed by atoms with Gasteiger partial charge in [-0.05, 0) is 41.3 Å². The summed E-state index contributed by atoms with van der Waals surface area (Å²) >= 11 is 1.48. The number of rotatable bonds is 8. The van der Waals surface area contributed by atoms with Crippen molar-refractivity contribution in [3.05, 3.63) is 75.7 Å². The quantitative estimate of drug-likeness (QED) is 0.455. The molecule has 3 aromatic rings. The minimum absolute atomic E-state index is 0.310. The smallest absolute Gasteiger partial charge is 0.249 e. The highest BCUT2D eigenvalue weighted by Crippen LogP contribution is 2.39. The van der Waals surface area contributed by atoms with Crippen LogP contribution in [0.25, 0.3) is 6.08 Å². The van der Waals surface area contributed by atoms with Crippen molar-refractivity contribution in [2.45, 2.75) is 19.5 Å². The average molecular weight is 490 g/mol. The van der Waals surface area contributed by atoms with E-state index in [0.717, 1.165) is 42.1 Å². The fourth-order valence-electron chi connectivity index (χ4n) is 4.16. The summed E-state index contributed by atoms with van der Waals surface area (Å²) in [7, 11) is 4.62. The first-order valence-electron chi connectivity index (χ1n) is 11.2. The summed E-state index contributed by atoms with van der Waals surface area (Å²) in [4.78, 5) is 16.2. The fraction of sp³-hybridized carbons (Fsp3) is 0.259. The van der Waals surface area contributed by atoms with E-state index in [1.165, 1.54) is 30.1 Å². The molecule has 1 aliphatic rings. The molecule has 2 aromatic carbocycles. The molecule has 0 saturated heterocycles. The van der Waals surface area contributed by atoms with Gasteiger partial charge in [-0.15, -0.1) is 11.3 Å². The van der Waals surface area contributed by atoms with Crippen LogP contribution in [0.4, 0.5) is 5.00 Å². The van der Waals surface area contributed by atoms with Crippen molar-refractivity contribution in [1.29, 1.82) is 5.26 Å². The van der Waals surface area contributed by atoms with E-state index < -0.39 is 0 Å². The molecule has 1 aromatic heterocycles. The lowest BCUT2D eigenvalue weighted by Gasteiger charge is -2.26. The molecule has 1 aliphatic heterocycles. The summed E-state index contributed by atoms with van der Waals surface area (Å²) in [5.74, 6) is 1.19. The molecule has 0 unspecified atom stereocenters. The van der Waals surface area contributed by atoms with Gasteiger partial charge in [0, 0.05) is 30.6 Å². The molecule has 8 heteroatoms. The van der Waals surface area contributed by atoms with E-state index in [-0.39, 0.29) is 5.91 Å². The summed E-state index contributed by atoms with van der Waals surface area (Å²) in [6, 6.07) is 16.2. The predicted molar refractivity (Wildman–Crippen MR) is 137 cm³/mol. The molecule has 2 heterocycles. The number of anilines is 1. The lowest BCUT2D eigenvalue weighted by molar-refractivity contribution is -0.111. The van der Waals surface area contributed by atoms with Crippen molar-refractivity contribution in [3.8, 4) is 23.3 Å². The molecule has 180 valence electrons. The van der Waals surface area contributed by atoms with E-state index in [2.05, 4.69) is 28.4 Å². The first kappa shape index (κ1) is 24.3. The number of ether oxygens (including phenoxy) is 3. The molecule has 1 N–H and O–H groups in total. The van der Waals surface area contributed by atoms with E-state index in [9.17, 15) is 10.1 Å². The van der Waals surface area contributed by atoms with E-state index in [1.807, 2.05) is 18.2 Å². The minimum Gasteiger partial charge on any atom is -0.493 e. The van der Waals surface area contributed by atoms with Crippen LogP contribution in [0.1, 0.15) is 27.1 Å². The fourth-order valence-corrected chi connectivity index (χ4v) is 5.41. The molecule has 7 nitrogen and oxygen atoms in total. The number of amides is 1. The Morgan fingerprint density at radius 3 is 2.49 bits per heavy atom. The second kappa shape index (κ2) is 11.1. The number of nitrogens with zero attached hydrogens (tertiary/aromatic N) is 2. The van der Waals surface area contributed by atoms with Crippen LogP contribution in [-0.2, 0) is 24.3 Å². The second-order valence-electron chi connectivity index (χ2n) is 8.05. The van der Waals surface area contributed by atoms with Gasteiger partial charge in [-0.2, -0.15) is 5.26 Å². The van der Waals surface area contributed by atoms with Gasteiger partial charge in [0.1, 0.15) is 11.1 Å². The predicted octanol–water partition coefficient (Wildman–Crippen LogP) is 4.86. The van der Waals surface area contributed by atoms with Crippen molar-refractivity contribution in [2.75, 3.05) is 33.2 Å². The maximum absolute atomic E-state index is 12.7. The third-order valence-corrected chi connectivity index (χ3v) is 6.98. The Hall–Kier alpha value is -3.80. The Labute approximate surface area is 209 Å². The summed E-state index contributed by atoms with van der Waals surface area (Å²) in [5.41, 5.74) is 3.60. The van der Waals surface area contributed by atoms with Gasteiger partial charge in [-0.3, -0.25) is 9.69 Å². The molecule has 0 atom stereocenters. The maximum Gasteiger partial charge on any atom is 0.249 e. The highest BCUT2D eigenvalue weighted by molar-refractivity contribution is 7.16. The Morgan fingerprint density at radius 2 is 1.86 bits per heavy atom. The van der Waals surface area contributed by atoms with Crippen LogP contribution in [0.2, 0.25) is 0 Å². The number of nitrogens with one attached hydrogen (secondary N) is 1. The molecule has 35 heavy (non-hydrogen) atoms. The van der Waals surface area contributed by atoms with Gasteiger partial charge in [0.05, 0.1) is 26.9 Å². The zero-order valence-electron chi connectivity index (χ0n) is 20.0. The monoisotopic (exact) mass is 489 g/mol. The van der Waals surface area contributed by atoms with Gasteiger partial charge in [-0.25, -0.2) is 0 Å². The third kappa shape index (κ3) is 5.48. The molecule has 0 saturated carbocycles. The van der Waals surface area contributed by atoms with Gasteiger partial charge in [0.25, 0.3) is 0 Å². The normalized spacial score (nSPS) is 13.2. The van der Waals surface area contributed by atoms with Crippen LogP contribution in [0.15, 0.2) is 48.5 Å². The van der Waals surface area contributed by atoms with E-state index in [1.54, 1.807) is 32.4 Å². The van der Waals surface area contributed by atoms with Crippen molar-refractivity contribution in [1.82, 2.24) is 4.90 Å². The molecule has 0 spiro atoms. The van der Waals surface area contributed by atoms with Gasteiger partial charge in [0.15, 0.2) is 11.5 Å². The van der Waals surface area contributed by atoms with Crippen molar-refractivity contribution in [2.24, 2.45) is 0 Å². The van der Waals surface area contributed by atoms with Gasteiger partial charge >= 0.3 is 0 Å². The van der Waals surface area contributed by atoms with E-state index in [4.69, 9.17) is 14.2 Å². The highest BCUT2D eigenvalue weighted by atomic mass is 32.1. The molecule has 0 fully saturated rings. The number of methoxy groups -OCH3 is 3. The number of benzene rings is 2. The summed E-state index contributed by atoms with van der Waals surface area (Å²) in [6.45, 7) is 2.50. The van der Waals surface area contributed by atoms with Crippen molar-refractivity contribution in [3.63, 3.8) is 0 Å². The van der Waals surface area contributed by atoms with E-state index in [0.29, 0.717) is 27.8 Å². The third-order valence-electron chi connectivity index (χ3n) is 5.85. The molecule has 0 aliphatic carbocycles. The molecule has 0 radical (unpaired) electrons. The largest absolute Gasteiger partial charge is 0.493 e. The van der Waals surface area contributed by atoms with Crippen LogP contribution < -0.4 is 19.5 Å². The lowest BCUT2D eigenvalue weighted by Crippen LogP contribution is -2.29. The maximum atomic E-state index is 12.7. The van der Waals surface area contributed by atoms with Gasteiger partial charge in [0.2, 0.25) is 11.7 Å². The SMILES string of the molecule is COc1cc(/C=C/C(=O)Nc2sc3c(c2C#N)CCN(Cc2ccccc2)C3)cc(OC)c1OC. The summed E-state index contributed by atoms with van der Waals surface area (Å²) < 4.78 is 16.1. The van der Waals surface area contributed by atoms with Crippen LogP contribution in [0.5, 0.6) is 17.2 Å². The number of carbonyl (C=O) groups is 1. The molecular formula is C27H27N3O4S. The van der Waals surface area contributed by atoms with Crippen LogP contribution in [0, 0.1) is 11.3 Å². The van der Waals surface area contributed by atoms with Gasteiger partial charge in [-0.1, -0.05) is 30.3 Å². The number of carbonyl (C=O) groups excluding carboxylic acids is 1. The molecule has 1 amide bonds. The number of nitriles is 1. The number of hydrogen-bond donors (Lipinski definition) is 1. The van der Waals surface area contributed by atoms with Crippen LogP contribution in [-0.4, -0.2) is 38.7 Å². The average Bonchev–Trinajstić information content (AvgIpc) is 3.23. The Morgan fingerprint density at radius 1 is 1.14 bits per heavy atom. The first-order chi connectivity index (χ1) is 17.1. The molecular weight excluding hydrogens is 462 g/mol. The molecule has 4 rings (SSSR count). The summed E-state index contributed by atoms with van der Waals surface area (Å²) in [6.07, 6.45) is 3.89. The standard InChI is InChI=1S/C27H27N3O4S/c1-32-22-13-19(14-23(33-2)26(22)34-3)9-10-25(31)29-27-21(15-28)20-11-12-30(17-24(20)35-27)16-18-7-5-4-6-8-18/h4-10,13-14H,11-12,16-17H2,1-3H3,(H,29,31)/b10-9+. The summed E-state index contributed by atoms with van der Waals surface area (Å²) in [5, 5.41) is 13.3. The first-order valence-corrected chi connectivity index (χ1v) is 12.0. The Balaban J connectivity index is 1.48. The minimum atomic E-state index is -0.310. The van der Waals surface area contributed by atoms with Gasteiger partial charge < -0.3 is 19.5 Å². The molecule has 0 bridgehead atoms. The zero-order chi connectivity index (χ0) is 24.8. The van der Waals surface area contributed by atoms with Crippen LogP contribution in [0.3, 0.4) is 0 Å². The van der Waals surface area contributed by atoms with Crippen molar-refractivity contribution >= 4 is 28.3 Å². The highest BCUT2D eigenvalue weighted by Gasteiger charge is 2.25. The number of fused-ring (bicyclic) bond motifs is 1. The van der Waals surface area contributed by atoms with Crippen molar-refractivity contribution < 1.29 is 19.0 Å². The van der Waals surface area contributed by atoms with E-state index >= 15 is 0 Å². The Kier molecular flexibility index (Phi) is 7.70. The lowest BCUT2D eigenvalue weighted by atomic mass is 10.0. The second-order valence-corrected chi connectivity index (χ2v) is 9.15. The topological polar surface area (TPSA) is 83.8 Å². The van der Waals surface area contributed by atoms with Crippen LogP contribution >= 0.6 is 11.3 Å². The zero-order valence-corrected chi connectivity index (χ0v) is 20.8. The number of thiophene rings is 1.